The van der Waals surface area contributed by atoms with Gasteiger partial charge in [-0.25, -0.2) is 4.79 Å². The summed E-state index contributed by atoms with van der Waals surface area (Å²) in [7, 11) is 0. The van der Waals surface area contributed by atoms with Crippen LogP contribution in [0.3, 0.4) is 0 Å². The molecular weight excluding hydrogens is 999 g/mol. The van der Waals surface area contributed by atoms with E-state index < -0.39 is 104 Å². The monoisotopic (exact) mass is 1060 g/mol. The quantitative estimate of drug-likeness (QED) is 0.0469. The molecule has 2 heterocycles. The van der Waals surface area contributed by atoms with Crippen LogP contribution in [-0.4, -0.2) is 97.5 Å². The van der Waals surface area contributed by atoms with Crippen molar-refractivity contribution in [1.82, 2.24) is 16.0 Å². The highest BCUT2D eigenvalue weighted by molar-refractivity contribution is 5.96. The van der Waals surface area contributed by atoms with Gasteiger partial charge in [-0.15, -0.1) is 0 Å². The molecule has 3 amide bonds. The minimum atomic E-state index is -1.71. The van der Waals surface area contributed by atoms with Crippen molar-refractivity contribution in [3.63, 3.8) is 0 Å². The lowest BCUT2D eigenvalue weighted by Crippen LogP contribution is -2.66. The first kappa shape index (κ1) is 56.2. The second-order valence-corrected chi connectivity index (χ2v) is 18.7. The fourth-order valence-electron chi connectivity index (χ4n) is 8.74. The van der Waals surface area contributed by atoms with E-state index in [9.17, 15) is 24.0 Å². The fraction of sp³-hybridized carbons (Fsp3) is 0.311. The highest BCUT2D eigenvalue weighted by Gasteiger charge is 2.52. The Bertz CT molecular complexity index is 2830. The van der Waals surface area contributed by atoms with Gasteiger partial charge in [-0.05, 0) is 39.8 Å². The molecule has 0 saturated carbocycles. The summed E-state index contributed by atoms with van der Waals surface area (Å²) in [5, 5.41) is 8.02. The van der Waals surface area contributed by atoms with Gasteiger partial charge in [-0.3, -0.25) is 24.0 Å². The molecule has 17 nitrogen and oxygen atoms in total. The van der Waals surface area contributed by atoms with Gasteiger partial charge >= 0.3 is 17.9 Å². The Kier molecular flexibility index (Phi) is 21.2. The molecule has 0 aromatic heterocycles. The van der Waals surface area contributed by atoms with Crippen molar-refractivity contribution in [1.29, 1.82) is 0 Å². The summed E-state index contributed by atoms with van der Waals surface area (Å²) in [6.07, 6.45) is -7.29. The maximum absolute atomic E-state index is 15.0. The normalized spacial score (nSPS) is 20.9. The van der Waals surface area contributed by atoms with E-state index in [0.717, 1.165) is 27.8 Å². The zero-order valence-electron chi connectivity index (χ0n) is 42.9. The molecule has 2 aliphatic rings. The minimum Gasteiger partial charge on any atom is -0.463 e. The van der Waals surface area contributed by atoms with Crippen LogP contribution in [0.25, 0.3) is 0 Å². The Labute approximate surface area is 452 Å². The van der Waals surface area contributed by atoms with Gasteiger partial charge in [-0.2, -0.15) is 0 Å². The fourth-order valence-corrected chi connectivity index (χ4v) is 8.74. The summed E-state index contributed by atoms with van der Waals surface area (Å²) in [6.45, 7) is -0.895. The molecule has 2 unspecified atom stereocenters. The van der Waals surface area contributed by atoms with Crippen LogP contribution in [-0.2, 0) is 106 Å². The number of amides is 3. The number of nitrogens with one attached hydrogen (secondary N) is 3. The van der Waals surface area contributed by atoms with Gasteiger partial charge < -0.3 is 53.8 Å². The Morgan fingerprint density at radius 1 is 0.526 bits per heavy atom. The third-order valence-electron chi connectivity index (χ3n) is 12.9. The van der Waals surface area contributed by atoms with Crippen LogP contribution in [0.2, 0.25) is 0 Å². The van der Waals surface area contributed by atoms with E-state index in [-0.39, 0.29) is 52.5 Å². The van der Waals surface area contributed by atoms with Crippen molar-refractivity contribution in [3.8, 4) is 0 Å². The number of cyclic esters (lactones) is 1. The van der Waals surface area contributed by atoms with Crippen molar-refractivity contribution in [2.24, 2.45) is 0 Å². The summed E-state index contributed by atoms with van der Waals surface area (Å²) in [5.41, 5.74) is 4.59. The van der Waals surface area contributed by atoms with Crippen molar-refractivity contribution in [2.75, 3.05) is 13.2 Å². The SMILES string of the molecule is O=C(CC[C@H](NC(=O)C1CC(=O)OC[C@@H]2O[C@@H](C(=O)NC(COCc3ccccc3)C(=O)N1)[C@@H](OCc1ccccc1)[C@H](OCc1ccccc1)[C@@H]2OCc1ccccc1)C(=O)OCc1ccccc1)OCc1ccccc1. The topological polar surface area (TPSA) is 212 Å². The highest BCUT2D eigenvalue weighted by Crippen LogP contribution is 2.32. The Hall–Kier alpha value is -8.06. The van der Waals surface area contributed by atoms with Gasteiger partial charge in [0.25, 0.3) is 5.91 Å². The molecule has 3 N–H and O–H groups in total. The lowest BCUT2D eigenvalue weighted by Gasteiger charge is -2.45. The van der Waals surface area contributed by atoms with E-state index in [4.69, 9.17) is 37.9 Å². The first-order valence-corrected chi connectivity index (χ1v) is 25.9. The smallest absolute Gasteiger partial charge is 0.328 e. The van der Waals surface area contributed by atoms with Gasteiger partial charge in [-0.1, -0.05) is 182 Å². The minimum absolute atomic E-state index is 0.0193. The lowest BCUT2D eigenvalue weighted by atomic mass is 9.93. The summed E-state index contributed by atoms with van der Waals surface area (Å²) in [6, 6.07) is 50.4. The summed E-state index contributed by atoms with van der Waals surface area (Å²) in [4.78, 5) is 85.3. The predicted octanol–water partition coefficient (Wildman–Crippen LogP) is 6.40. The average Bonchev–Trinajstić information content (AvgIpc) is 3.56. The van der Waals surface area contributed by atoms with E-state index in [1.165, 1.54) is 0 Å². The molecule has 0 spiro atoms. The van der Waals surface area contributed by atoms with Crippen LogP contribution in [0.5, 0.6) is 0 Å². The standard InChI is InChI=1S/C61H63N3O14/c65-52(72-35-43-21-9-2-10-22-43)32-31-48(61(70)77-39-47-29-17-6-18-30-47)62-58(67)49-33-53(66)73-41-51-54(74-36-44-23-11-3-12-24-44)55(75-37-45-25-13-4-14-26-45)56(76-38-46-27-15-5-16-28-46)57(78-51)60(69)64-50(59(68)63-49)40-71-34-42-19-7-1-8-20-42/h1-30,48-51,54-57H,31-41H2,(H,62,67)(H,63,68)(H,64,69)/t48-,49?,50?,51-,54+,55+,56-,57+/m0/s1. The number of esters is 3. The molecule has 406 valence electrons. The molecule has 2 aliphatic heterocycles. The lowest BCUT2D eigenvalue weighted by molar-refractivity contribution is -0.266. The summed E-state index contributed by atoms with van der Waals surface area (Å²) < 4.78 is 49.7. The Morgan fingerprint density at radius 3 is 1.49 bits per heavy atom. The third-order valence-corrected chi connectivity index (χ3v) is 12.9. The number of fused-ring (bicyclic) bond motifs is 2. The van der Waals surface area contributed by atoms with Crippen molar-refractivity contribution in [3.05, 3.63) is 215 Å². The van der Waals surface area contributed by atoms with E-state index in [1.54, 1.807) is 54.6 Å². The van der Waals surface area contributed by atoms with Crippen LogP contribution in [0.1, 0.15) is 52.6 Å². The van der Waals surface area contributed by atoms with Crippen LogP contribution in [0.4, 0.5) is 0 Å². The summed E-state index contributed by atoms with van der Waals surface area (Å²) in [5.74, 6) is -5.21. The molecule has 2 bridgehead atoms. The molecule has 0 radical (unpaired) electrons. The number of ether oxygens (including phenoxy) is 8. The van der Waals surface area contributed by atoms with Gasteiger partial charge in [0.2, 0.25) is 11.8 Å². The molecular formula is C61H63N3O14. The maximum atomic E-state index is 15.0. The second-order valence-electron chi connectivity index (χ2n) is 18.7. The average molecular weight is 1060 g/mol. The van der Waals surface area contributed by atoms with Gasteiger partial charge in [0.05, 0.1) is 39.5 Å². The molecule has 6 aromatic rings. The first-order chi connectivity index (χ1) is 38.1. The molecule has 2 saturated heterocycles. The first-order valence-electron chi connectivity index (χ1n) is 25.9. The number of hydrogen-bond donors (Lipinski definition) is 3. The van der Waals surface area contributed by atoms with Crippen LogP contribution in [0.15, 0.2) is 182 Å². The summed E-state index contributed by atoms with van der Waals surface area (Å²) >= 11 is 0. The van der Waals surface area contributed by atoms with Crippen LogP contribution < -0.4 is 16.0 Å². The van der Waals surface area contributed by atoms with E-state index in [0.29, 0.717) is 5.56 Å². The largest absolute Gasteiger partial charge is 0.463 e. The number of benzene rings is 6. The molecule has 8 rings (SSSR count). The number of carbonyl (C=O) groups is 6. The number of rotatable bonds is 23. The van der Waals surface area contributed by atoms with E-state index in [1.807, 2.05) is 127 Å². The second kappa shape index (κ2) is 29.5. The molecule has 78 heavy (non-hydrogen) atoms. The maximum Gasteiger partial charge on any atom is 0.328 e. The van der Waals surface area contributed by atoms with Crippen LogP contribution >= 0.6 is 0 Å². The number of carbonyl (C=O) groups excluding carboxylic acids is 6. The van der Waals surface area contributed by atoms with Crippen molar-refractivity contribution in [2.45, 2.75) is 108 Å². The zero-order chi connectivity index (χ0) is 54.3. The molecule has 0 aliphatic carbocycles. The van der Waals surface area contributed by atoms with Crippen LogP contribution in [0, 0.1) is 0 Å². The zero-order valence-corrected chi connectivity index (χ0v) is 42.9. The molecule has 17 heteroatoms. The Morgan fingerprint density at radius 2 is 0.974 bits per heavy atom. The molecule has 6 aromatic carbocycles. The van der Waals surface area contributed by atoms with Gasteiger partial charge in [0, 0.05) is 6.42 Å². The number of hydrogen-bond acceptors (Lipinski definition) is 14. The van der Waals surface area contributed by atoms with Gasteiger partial charge in [0.1, 0.15) is 62.4 Å². The molecule has 8 atom stereocenters. The van der Waals surface area contributed by atoms with Gasteiger partial charge in [0.15, 0.2) is 6.10 Å². The van der Waals surface area contributed by atoms with E-state index in [2.05, 4.69) is 16.0 Å². The van der Waals surface area contributed by atoms with E-state index >= 15 is 4.79 Å². The van der Waals surface area contributed by atoms with Crippen molar-refractivity contribution < 1.29 is 66.7 Å². The predicted molar refractivity (Wildman–Crippen MR) is 283 cm³/mol. The Balaban J connectivity index is 1.09. The molecule has 2 fully saturated rings. The highest BCUT2D eigenvalue weighted by atomic mass is 16.6. The third kappa shape index (κ3) is 17.2. The van der Waals surface area contributed by atoms with Crippen molar-refractivity contribution >= 4 is 35.6 Å².